The molecular weight excluding hydrogens is 462 g/mol. The smallest absolute Gasteiger partial charge is 0.282 e. The van der Waals surface area contributed by atoms with Crippen LogP contribution in [0.3, 0.4) is 0 Å². The molecule has 0 saturated heterocycles. The standard InChI is InChI=1S/C22H17N5O6S/c1-11(26-20(30)15-4-3-5-17(27(32)33)18(15)21(26)31)19(29)25-22-24-16(10-34-22)13-6-8-14(9-7-13)23-12(2)28/h3-11H,1-2H3,(H,23,28)(H,24,25,29)/t11-/m0/s1. The van der Waals surface area contributed by atoms with Gasteiger partial charge in [-0.1, -0.05) is 18.2 Å². The third kappa shape index (κ3) is 4.13. The Kier molecular flexibility index (Phi) is 5.90. The molecule has 12 heteroatoms. The molecular formula is C22H17N5O6S. The van der Waals surface area contributed by atoms with E-state index in [0.717, 1.165) is 23.0 Å². The number of aromatic nitrogens is 1. The SMILES string of the molecule is CC(=O)Nc1ccc(-c2csc(NC(=O)[C@H](C)N3C(=O)c4cccc([N+](=O)[O-])c4C3=O)n2)cc1. The Morgan fingerprint density at radius 1 is 1.09 bits per heavy atom. The van der Waals surface area contributed by atoms with E-state index >= 15 is 0 Å². The summed E-state index contributed by atoms with van der Waals surface area (Å²) in [4.78, 5) is 65.0. The molecule has 34 heavy (non-hydrogen) atoms. The van der Waals surface area contributed by atoms with Crippen LogP contribution >= 0.6 is 11.3 Å². The van der Waals surface area contributed by atoms with Gasteiger partial charge in [0, 0.05) is 29.6 Å². The van der Waals surface area contributed by atoms with Crippen LogP contribution in [0.4, 0.5) is 16.5 Å². The van der Waals surface area contributed by atoms with Crippen molar-refractivity contribution in [2.24, 2.45) is 0 Å². The zero-order valence-electron chi connectivity index (χ0n) is 17.9. The molecule has 1 aliphatic heterocycles. The van der Waals surface area contributed by atoms with Crippen molar-refractivity contribution in [3.63, 3.8) is 0 Å². The average molecular weight is 479 g/mol. The summed E-state index contributed by atoms with van der Waals surface area (Å²) in [6.45, 7) is 2.77. The maximum atomic E-state index is 12.8. The average Bonchev–Trinajstić information content (AvgIpc) is 3.36. The summed E-state index contributed by atoms with van der Waals surface area (Å²) in [5.74, 6) is -2.52. The van der Waals surface area contributed by atoms with Crippen molar-refractivity contribution >= 4 is 51.5 Å². The molecule has 4 rings (SSSR count). The number of anilines is 2. The molecule has 4 amide bonds. The third-order valence-electron chi connectivity index (χ3n) is 5.12. The molecule has 1 aromatic heterocycles. The number of nitro groups is 1. The van der Waals surface area contributed by atoms with Crippen LogP contribution in [-0.2, 0) is 9.59 Å². The Morgan fingerprint density at radius 3 is 2.44 bits per heavy atom. The number of fused-ring (bicyclic) bond motifs is 1. The van der Waals surface area contributed by atoms with Gasteiger partial charge in [0.15, 0.2) is 5.13 Å². The summed E-state index contributed by atoms with van der Waals surface area (Å²) in [7, 11) is 0. The predicted octanol–water partition coefficient (Wildman–Crippen LogP) is 3.30. The van der Waals surface area contributed by atoms with Crippen LogP contribution in [0.25, 0.3) is 11.3 Å². The van der Waals surface area contributed by atoms with Crippen molar-refractivity contribution in [1.29, 1.82) is 0 Å². The molecule has 3 aromatic rings. The minimum absolute atomic E-state index is 0.113. The van der Waals surface area contributed by atoms with Gasteiger partial charge in [0.05, 0.1) is 16.2 Å². The number of thiazole rings is 1. The zero-order chi connectivity index (χ0) is 24.6. The highest BCUT2D eigenvalue weighted by Crippen LogP contribution is 2.32. The number of carbonyl (C=O) groups is 4. The molecule has 0 aliphatic carbocycles. The lowest BCUT2D eigenvalue weighted by atomic mass is 10.1. The molecule has 0 radical (unpaired) electrons. The largest absolute Gasteiger partial charge is 0.326 e. The molecule has 172 valence electrons. The molecule has 2 aromatic carbocycles. The Labute approximate surface area is 196 Å². The first-order valence-corrected chi connectivity index (χ1v) is 10.8. The van der Waals surface area contributed by atoms with Gasteiger partial charge in [-0.15, -0.1) is 11.3 Å². The molecule has 1 atom stereocenters. The molecule has 2 N–H and O–H groups in total. The number of nitro benzene ring substituents is 1. The lowest BCUT2D eigenvalue weighted by molar-refractivity contribution is -0.385. The highest BCUT2D eigenvalue weighted by Gasteiger charge is 2.44. The van der Waals surface area contributed by atoms with Gasteiger partial charge in [0.2, 0.25) is 11.8 Å². The summed E-state index contributed by atoms with van der Waals surface area (Å²) >= 11 is 1.15. The first-order valence-electron chi connectivity index (χ1n) is 9.97. The van der Waals surface area contributed by atoms with E-state index in [2.05, 4.69) is 15.6 Å². The second-order valence-electron chi connectivity index (χ2n) is 7.40. The maximum Gasteiger partial charge on any atom is 0.282 e. The Hall–Kier alpha value is -4.45. The molecule has 0 bridgehead atoms. The molecule has 0 unspecified atom stereocenters. The lowest BCUT2D eigenvalue weighted by Gasteiger charge is -2.20. The maximum absolute atomic E-state index is 12.8. The zero-order valence-corrected chi connectivity index (χ0v) is 18.7. The number of nitrogens with one attached hydrogen (secondary N) is 2. The third-order valence-corrected chi connectivity index (χ3v) is 5.88. The molecule has 0 saturated carbocycles. The van der Waals surface area contributed by atoms with E-state index in [-0.39, 0.29) is 22.2 Å². The molecule has 2 heterocycles. The fourth-order valence-electron chi connectivity index (χ4n) is 3.51. The van der Waals surface area contributed by atoms with Crippen molar-refractivity contribution < 1.29 is 24.1 Å². The number of amides is 4. The summed E-state index contributed by atoms with van der Waals surface area (Å²) < 4.78 is 0. The number of imide groups is 1. The highest BCUT2D eigenvalue weighted by atomic mass is 32.1. The fourth-order valence-corrected chi connectivity index (χ4v) is 4.23. The minimum atomic E-state index is -1.23. The number of nitrogens with zero attached hydrogens (tertiary/aromatic N) is 3. The second kappa shape index (κ2) is 8.83. The van der Waals surface area contributed by atoms with Crippen LogP contribution < -0.4 is 10.6 Å². The summed E-state index contributed by atoms with van der Waals surface area (Å²) in [6, 6.07) is 9.51. The van der Waals surface area contributed by atoms with Crippen LogP contribution in [0, 0.1) is 10.1 Å². The van der Waals surface area contributed by atoms with Gasteiger partial charge in [-0.2, -0.15) is 0 Å². The van der Waals surface area contributed by atoms with Gasteiger partial charge in [-0.05, 0) is 25.1 Å². The Balaban J connectivity index is 1.49. The van der Waals surface area contributed by atoms with E-state index < -0.39 is 34.4 Å². The van der Waals surface area contributed by atoms with Crippen LogP contribution in [0.2, 0.25) is 0 Å². The molecule has 11 nitrogen and oxygen atoms in total. The summed E-state index contributed by atoms with van der Waals surface area (Å²) in [5, 5.41) is 18.5. The van der Waals surface area contributed by atoms with Crippen molar-refractivity contribution in [1.82, 2.24) is 9.88 Å². The molecule has 0 spiro atoms. The van der Waals surface area contributed by atoms with E-state index in [9.17, 15) is 29.3 Å². The van der Waals surface area contributed by atoms with E-state index in [1.54, 1.807) is 29.6 Å². The van der Waals surface area contributed by atoms with Crippen molar-refractivity contribution in [3.05, 3.63) is 69.1 Å². The van der Waals surface area contributed by atoms with Crippen molar-refractivity contribution in [2.45, 2.75) is 19.9 Å². The molecule has 1 aliphatic rings. The summed E-state index contributed by atoms with van der Waals surface area (Å²) in [6.07, 6.45) is 0. The quantitative estimate of drug-likeness (QED) is 0.313. The van der Waals surface area contributed by atoms with E-state index in [1.807, 2.05) is 0 Å². The van der Waals surface area contributed by atoms with Gasteiger partial charge < -0.3 is 10.6 Å². The van der Waals surface area contributed by atoms with Gasteiger partial charge in [-0.3, -0.25) is 34.2 Å². The minimum Gasteiger partial charge on any atom is -0.326 e. The fraction of sp³-hybridized carbons (Fsp3) is 0.136. The number of rotatable bonds is 6. The number of hydrogen-bond donors (Lipinski definition) is 2. The van der Waals surface area contributed by atoms with Crippen molar-refractivity contribution in [3.8, 4) is 11.3 Å². The topological polar surface area (TPSA) is 152 Å². The van der Waals surface area contributed by atoms with Crippen molar-refractivity contribution in [2.75, 3.05) is 10.6 Å². The first kappa shape index (κ1) is 22.7. The number of benzene rings is 2. The second-order valence-corrected chi connectivity index (χ2v) is 8.26. The normalized spacial score (nSPS) is 13.4. The van der Waals surface area contributed by atoms with Gasteiger partial charge in [0.25, 0.3) is 17.5 Å². The first-order chi connectivity index (χ1) is 16.2. The number of hydrogen-bond acceptors (Lipinski definition) is 8. The van der Waals surface area contributed by atoms with Crippen LogP contribution in [0.15, 0.2) is 47.8 Å². The Bertz CT molecular complexity index is 1350. The van der Waals surface area contributed by atoms with Crippen LogP contribution in [-0.4, -0.2) is 44.5 Å². The predicted molar refractivity (Wildman–Crippen MR) is 124 cm³/mol. The molecule has 0 fully saturated rings. The van der Waals surface area contributed by atoms with E-state index in [4.69, 9.17) is 0 Å². The number of carbonyl (C=O) groups excluding carboxylic acids is 4. The Morgan fingerprint density at radius 2 is 1.79 bits per heavy atom. The highest BCUT2D eigenvalue weighted by molar-refractivity contribution is 7.14. The van der Waals surface area contributed by atoms with E-state index in [1.165, 1.54) is 26.0 Å². The van der Waals surface area contributed by atoms with Crippen LogP contribution in [0.1, 0.15) is 34.6 Å². The lowest BCUT2D eigenvalue weighted by Crippen LogP contribution is -2.45. The van der Waals surface area contributed by atoms with Crippen LogP contribution in [0.5, 0.6) is 0 Å². The monoisotopic (exact) mass is 479 g/mol. The van der Waals surface area contributed by atoms with Gasteiger partial charge >= 0.3 is 0 Å². The van der Waals surface area contributed by atoms with Gasteiger partial charge in [-0.25, -0.2) is 4.98 Å². The summed E-state index contributed by atoms with van der Waals surface area (Å²) in [5.41, 5.74) is 1.05. The van der Waals surface area contributed by atoms with E-state index in [0.29, 0.717) is 16.3 Å². The van der Waals surface area contributed by atoms with Gasteiger partial charge in [0.1, 0.15) is 11.6 Å².